The minimum absolute atomic E-state index is 0.0514. The van der Waals surface area contributed by atoms with Crippen LogP contribution in [0.2, 0.25) is 5.02 Å². The van der Waals surface area contributed by atoms with E-state index in [1.165, 1.54) is 6.07 Å². The van der Waals surface area contributed by atoms with Gasteiger partial charge < -0.3 is 9.84 Å². The average Bonchev–Trinajstić information content (AvgIpc) is 2.86. The molecule has 1 aromatic carbocycles. The van der Waals surface area contributed by atoms with E-state index in [0.717, 1.165) is 10.6 Å². The van der Waals surface area contributed by atoms with E-state index >= 15 is 0 Å². The third-order valence-electron chi connectivity index (χ3n) is 2.96. The summed E-state index contributed by atoms with van der Waals surface area (Å²) < 4.78 is 29.6. The highest BCUT2D eigenvalue weighted by molar-refractivity contribution is 7.92. The fourth-order valence-electron chi connectivity index (χ4n) is 1.90. The van der Waals surface area contributed by atoms with E-state index in [9.17, 15) is 13.2 Å². The molecule has 2 rings (SSSR count). The van der Waals surface area contributed by atoms with Crippen LogP contribution in [0.1, 0.15) is 12.2 Å². The van der Waals surface area contributed by atoms with Crippen molar-refractivity contribution in [1.82, 2.24) is 5.16 Å². The van der Waals surface area contributed by atoms with Crippen molar-refractivity contribution in [2.75, 3.05) is 22.4 Å². The van der Waals surface area contributed by atoms with E-state index in [0.29, 0.717) is 16.5 Å². The third kappa shape index (κ3) is 4.70. The van der Waals surface area contributed by atoms with Crippen molar-refractivity contribution < 1.29 is 17.7 Å². The molecular weight excluding hydrogens is 342 g/mol. The lowest BCUT2D eigenvalue weighted by Gasteiger charge is -2.18. The van der Waals surface area contributed by atoms with Crippen LogP contribution in [-0.2, 0) is 14.8 Å². The zero-order valence-electron chi connectivity index (χ0n) is 12.6. The Morgan fingerprint density at radius 1 is 1.39 bits per heavy atom. The maximum absolute atomic E-state index is 12.0. The van der Waals surface area contributed by atoms with Crippen LogP contribution in [0.4, 0.5) is 11.5 Å². The van der Waals surface area contributed by atoms with Gasteiger partial charge in [-0.3, -0.25) is 9.10 Å². The lowest BCUT2D eigenvalue weighted by Crippen LogP contribution is -2.33. The molecule has 124 valence electrons. The van der Waals surface area contributed by atoms with E-state index in [1.54, 1.807) is 31.2 Å². The van der Waals surface area contributed by atoms with Crippen LogP contribution >= 0.6 is 11.6 Å². The topological polar surface area (TPSA) is 92.5 Å². The number of anilines is 2. The van der Waals surface area contributed by atoms with Crippen LogP contribution < -0.4 is 9.62 Å². The Morgan fingerprint density at radius 2 is 2.09 bits per heavy atom. The highest BCUT2D eigenvalue weighted by Crippen LogP contribution is 2.21. The maximum atomic E-state index is 12.0. The molecule has 0 fully saturated rings. The van der Waals surface area contributed by atoms with Gasteiger partial charge in [-0.25, -0.2) is 8.42 Å². The van der Waals surface area contributed by atoms with Crippen LogP contribution in [0.25, 0.3) is 0 Å². The number of nitrogens with zero attached hydrogens (tertiary/aromatic N) is 2. The quantitative estimate of drug-likeness (QED) is 0.857. The second-order valence-electron chi connectivity index (χ2n) is 4.91. The number of hydrogen-bond donors (Lipinski definition) is 1. The summed E-state index contributed by atoms with van der Waals surface area (Å²) in [6.45, 7) is 1.60. The van der Waals surface area contributed by atoms with E-state index in [2.05, 4.69) is 10.5 Å². The molecule has 1 heterocycles. The number of para-hydroxylation sites is 1. The van der Waals surface area contributed by atoms with Gasteiger partial charge >= 0.3 is 0 Å². The van der Waals surface area contributed by atoms with Crippen molar-refractivity contribution in [3.8, 4) is 0 Å². The molecule has 23 heavy (non-hydrogen) atoms. The van der Waals surface area contributed by atoms with Crippen molar-refractivity contribution in [1.29, 1.82) is 0 Å². The summed E-state index contributed by atoms with van der Waals surface area (Å²) in [6.07, 6.45) is 0.993. The zero-order chi connectivity index (χ0) is 17.0. The average molecular weight is 358 g/mol. The highest BCUT2D eigenvalue weighted by Gasteiger charge is 2.21. The molecule has 1 aromatic heterocycles. The molecular formula is C14H16ClN3O4S. The molecule has 0 radical (unpaired) electrons. The van der Waals surface area contributed by atoms with Crippen molar-refractivity contribution in [3.63, 3.8) is 0 Å². The highest BCUT2D eigenvalue weighted by atomic mass is 35.5. The molecule has 7 nitrogen and oxygen atoms in total. The predicted molar refractivity (Wildman–Crippen MR) is 88.1 cm³/mol. The van der Waals surface area contributed by atoms with Crippen LogP contribution in [0.5, 0.6) is 0 Å². The first kappa shape index (κ1) is 17.3. The second-order valence-corrected chi connectivity index (χ2v) is 7.22. The molecule has 0 aliphatic rings. The molecule has 1 amide bonds. The van der Waals surface area contributed by atoms with E-state index in [-0.39, 0.29) is 24.7 Å². The number of rotatable bonds is 6. The zero-order valence-corrected chi connectivity index (χ0v) is 14.2. The molecule has 9 heteroatoms. The Morgan fingerprint density at radius 3 is 2.65 bits per heavy atom. The Bertz CT molecular complexity index is 804. The lowest BCUT2D eigenvalue weighted by atomic mass is 10.3. The molecule has 0 aliphatic heterocycles. The molecule has 0 bridgehead atoms. The molecule has 0 atom stereocenters. The first-order valence-electron chi connectivity index (χ1n) is 6.73. The van der Waals surface area contributed by atoms with E-state index in [4.69, 9.17) is 16.1 Å². The molecule has 0 saturated heterocycles. The van der Waals surface area contributed by atoms with E-state index in [1.807, 2.05) is 0 Å². The summed E-state index contributed by atoms with van der Waals surface area (Å²) in [6, 6.07) is 8.29. The number of carbonyl (C=O) groups excluding carboxylic acids is 1. The molecule has 0 aliphatic carbocycles. The number of halogens is 1. The van der Waals surface area contributed by atoms with Gasteiger partial charge in [0.05, 0.1) is 17.0 Å². The number of aryl methyl sites for hydroxylation is 1. The van der Waals surface area contributed by atoms with Gasteiger partial charge in [0.15, 0.2) is 5.82 Å². The second kappa shape index (κ2) is 7.01. The Labute approximate surface area is 139 Å². The number of benzene rings is 1. The maximum Gasteiger partial charge on any atom is 0.233 e. The van der Waals surface area contributed by atoms with Crippen molar-refractivity contribution in [2.24, 2.45) is 0 Å². The molecule has 0 spiro atoms. The monoisotopic (exact) mass is 357 g/mol. The summed E-state index contributed by atoms with van der Waals surface area (Å²) in [4.78, 5) is 12.0. The smallest absolute Gasteiger partial charge is 0.233 e. The fourth-order valence-corrected chi connectivity index (χ4v) is 2.93. The van der Waals surface area contributed by atoms with Crippen molar-refractivity contribution in [2.45, 2.75) is 13.3 Å². The minimum atomic E-state index is -3.58. The minimum Gasteiger partial charge on any atom is -0.360 e. The largest absolute Gasteiger partial charge is 0.360 e. The van der Waals surface area contributed by atoms with Gasteiger partial charge in [0.1, 0.15) is 5.76 Å². The first-order valence-corrected chi connectivity index (χ1v) is 8.95. The summed E-state index contributed by atoms with van der Waals surface area (Å²) in [7, 11) is -3.58. The number of sulfonamides is 1. The van der Waals surface area contributed by atoms with Crippen LogP contribution in [-0.4, -0.2) is 32.3 Å². The molecule has 2 aromatic rings. The van der Waals surface area contributed by atoms with Gasteiger partial charge in [-0.1, -0.05) is 28.9 Å². The van der Waals surface area contributed by atoms with Gasteiger partial charge in [-0.15, -0.1) is 0 Å². The van der Waals surface area contributed by atoms with Gasteiger partial charge in [0.25, 0.3) is 0 Å². The summed E-state index contributed by atoms with van der Waals surface area (Å²) in [5.41, 5.74) is 0.474. The number of amides is 1. The van der Waals surface area contributed by atoms with Crippen LogP contribution in [0.3, 0.4) is 0 Å². The van der Waals surface area contributed by atoms with Crippen molar-refractivity contribution >= 4 is 39.0 Å². The lowest BCUT2D eigenvalue weighted by molar-refractivity contribution is -0.116. The summed E-state index contributed by atoms with van der Waals surface area (Å²) in [5.74, 6) is 0.275. The summed E-state index contributed by atoms with van der Waals surface area (Å²) in [5, 5.41) is 6.73. The standard InChI is InChI=1S/C14H16ClN3O4S/c1-10-9-13(17-22-10)18(23(2,20)21)8-7-14(19)16-12-6-4-3-5-11(12)15/h3-6,9H,7-8H2,1-2H3,(H,16,19). The number of carbonyl (C=O) groups is 1. The summed E-state index contributed by atoms with van der Waals surface area (Å²) >= 11 is 5.96. The van der Waals surface area contributed by atoms with Gasteiger partial charge in [-0.2, -0.15) is 0 Å². The Hall–Kier alpha value is -2.06. The molecule has 0 unspecified atom stereocenters. The van der Waals surface area contributed by atoms with Gasteiger partial charge in [-0.05, 0) is 19.1 Å². The number of nitrogens with one attached hydrogen (secondary N) is 1. The molecule has 0 saturated carbocycles. The third-order valence-corrected chi connectivity index (χ3v) is 4.46. The molecule has 1 N–H and O–H groups in total. The first-order chi connectivity index (χ1) is 10.8. The fraction of sp³-hybridized carbons (Fsp3) is 0.286. The predicted octanol–water partition coefficient (Wildman–Crippen LogP) is 2.43. The Kier molecular flexibility index (Phi) is 5.27. The van der Waals surface area contributed by atoms with Crippen LogP contribution in [0.15, 0.2) is 34.9 Å². The normalized spacial score (nSPS) is 11.3. The number of hydrogen-bond acceptors (Lipinski definition) is 5. The van der Waals surface area contributed by atoms with Gasteiger partial charge in [0.2, 0.25) is 15.9 Å². The SMILES string of the molecule is Cc1cc(N(CCC(=O)Nc2ccccc2Cl)S(C)(=O)=O)no1. The van der Waals surface area contributed by atoms with Gasteiger partial charge in [0, 0.05) is 19.0 Å². The van der Waals surface area contributed by atoms with Crippen molar-refractivity contribution in [3.05, 3.63) is 41.1 Å². The Balaban J connectivity index is 2.04. The number of aromatic nitrogens is 1. The van der Waals surface area contributed by atoms with Crippen LogP contribution in [0, 0.1) is 6.92 Å². The van der Waals surface area contributed by atoms with E-state index < -0.39 is 10.0 Å².